The minimum atomic E-state index is -0.343. The molecule has 0 aliphatic heterocycles. The van der Waals surface area contributed by atoms with Crippen molar-refractivity contribution < 1.29 is 27.6 Å². The standard InChI is InChI=1S/C10H10N4OS2.C9H5N3OS2.C8H7N3OS.C8H9NO2.C7H9N3O/c11-5-8(16)12-7-3-1-6(2-4-7)9-13-14-10(17)15-9;14-5-10-7-3-1-6(2-4-7)8-11-12-9(15)13-8;9-6-3-1-5(2-4-6)7-10-11-8(13)12-7;1-11-8(10)6-2-4-7(9)5-3-6;8-6-3-1-5(2-4-6)7(11)10-9/h1-4H,5,11H2,(H,12,16)(H,14,17);1-4H,(H,12,15);1-4H,9H2,(H,11,13);2-5H,9H2,1H3;1-4H,8-9H2,(H,10,11). The molecule has 25 heteroatoms. The zero-order chi connectivity index (χ0) is 48.7. The number of methoxy groups -OCH3 is 1. The molecule has 15 N–H and O–H groups in total. The molecule has 344 valence electrons. The highest BCUT2D eigenvalue weighted by atomic mass is 32.1. The van der Waals surface area contributed by atoms with Crippen LogP contribution in [0.25, 0.3) is 34.4 Å². The fourth-order valence-electron chi connectivity index (χ4n) is 4.78. The molecular formula is C42H40N14O6S5. The van der Waals surface area contributed by atoms with E-state index in [1.807, 2.05) is 54.0 Å². The maximum Gasteiger partial charge on any atom is 0.337 e. The summed E-state index contributed by atoms with van der Waals surface area (Å²) in [4.78, 5) is 26.9. The quantitative estimate of drug-likeness (QED) is 0.0130. The van der Waals surface area contributed by atoms with E-state index in [9.17, 15) is 9.59 Å². The van der Waals surface area contributed by atoms with Crippen LogP contribution in [0.4, 0.5) is 28.4 Å². The summed E-state index contributed by atoms with van der Waals surface area (Å²) in [6.07, 6.45) is 0. The Morgan fingerprint density at radius 1 is 0.642 bits per heavy atom. The SMILES string of the molecule is COC(=O)c1ccc(N)cc1.NCC(=S)Nc1ccc(-c2n[nH]c(=S)o2)cc1.NNC(=O)c1ccc(N)cc1.Nc1ccc(-c2n[nH]c(=S)o2)cc1.S=C=Nc1ccc(-c2n[nH]c(=S)o2)cc1. The molecule has 0 saturated heterocycles. The van der Waals surface area contributed by atoms with Crippen molar-refractivity contribution in [3.8, 4) is 34.4 Å². The molecule has 3 heterocycles. The third-order valence-corrected chi connectivity index (χ3v) is 8.88. The number of anilines is 4. The fraction of sp³-hybridized carbons (Fsp3) is 0.0476. The lowest BCUT2D eigenvalue weighted by Crippen LogP contribution is -2.29. The van der Waals surface area contributed by atoms with Crippen molar-refractivity contribution in [3.63, 3.8) is 0 Å². The number of ether oxygens (including phenoxy) is 1. The molecule has 0 aliphatic carbocycles. The Morgan fingerprint density at radius 3 is 1.36 bits per heavy atom. The van der Waals surface area contributed by atoms with Crippen LogP contribution in [0, 0.1) is 14.5 Å². The predicted octanol–water partition coefficient (Wildman–Crippen LogP) is 8.14. The van der Waals surface area contributed by atoms with Gasteiger partial charge in [0, 0.05) is 51.5 Å². The molecule has 3 aromatic heterocycles. The summed E-state index contributed by atoms with van der Waals surface area (Å²) < 4.78 is 20.0. The van der Waals surface area contributed by atoms with Crippen molar-refractivity contribution in [1.29, 1.82) is 0 Å². The number of hydrogen-bond acceptors (Lipinski definition) is 20. The van der Waals surface area contributed by atoms with Crippen LogP contribution in [0.5, 0.6) is 0 Å². The van der Waals surface area contributed by atoms with Gasteiger partial charge < -0.3 is 46.2 Å². The summed E-state index contributed by atoms with van der Waals surface area (Å²) in [5.41, 5.74) is 30.9. The van der Waals surface area contributed by atoms with Gasteiger partial charge >= 0.3 is 5.97 Å². The molecule has 5 aromatic carbocycles. The molecule has 8 rings (SSSR count). The average Bonchev–Trinajstić information content (AvgIpc) is 4.12. The number of aromatic amines is 3. The normalized spacial score (nSPS) is 9.72. The molecular weight excluding hydrogens is 957 g/mol. The lowest BCUT2D eigenvalue weighted by atomic mass is 10.2. The first kappa shape index (κ1) is 51.8. The fourth-order valence-corrected chi connectivity index (χ4v) is 5.38. The van der Waals surface area contributed by atoms with Crippen molar-refractivity contribution in [2.24, 2.45) is 16.6 Å². The van der Waals surface area contributed by atoms with Gasteiger partial charge in [0.15, 0.2) is 0 Å². The number of carbonyl (C=O) groups excluding carboxylic acids is 2. The Balaban J connectivity index is 0.000000185. The molecule has 0 unspecified atom stereocenters. The number of amides is 1. The van der Waals surface area contributed by atoms with Crippen LogP contribution in [-0.2, 0) is 4.74 Å². The number of hydrogen-bond donors (Lipinski definition) is 10. The Kier molecular flexibility index (Phi) is 20.7. The number of nitrogens with one attached hydrogen (secondary N) is 5. The predicted molar refractivity (Wildman–Crippen MR) is 270 cm³/mol. The van der Waals surface area contributed by atoms with Gasteiger partial charge in [0.2, 0.25) is 17.7 Å². The number of aliphatic imine (C=N–C) groups is 1. The lowest BCUT2D eigenvalue weighted by molar-refractivity contribution is 0.0600. The molecule has 0 atom stereocenters. The van der Waals surface area contributed by atoms with Crippen molar-refractivity contribution in [1.82, 2.24) is 36.0 Å². The second-order valence-corrected chi connectivity index (χ2v) is 14.5. The second-order valence-electron chi connectivity index (χ2n) is 12.7. The number of H-pyrrole nitrogens is 3. The van der Waals surface area contributed by atoms with Crippen LogP contribution in [0.15, 0.2) is 140 Å². The van der Waals surface area contributed by atoms with E-state index in [1.165, 1.54) is 7.11 Å². The number of esters is 1. The van der Waals surface area contributed by atoms with Crippen LogP contribution in [0.1, 0.15) is 20.7 Å². The summed E-state index contributed by atoms with van der Waals surface area (Å²) >= 11 is 23.8. The monoisotopic (exact) mass is 996 g/mol. The van der Waals surface area contributed by atoms with Crippen molar-refractivity contribution in [3.05, 3.63) is 147 Å². The first-order valence-corrected chi connectivity index (χ1v) is 20.9. The molecule has 8 aromatic rings. The highest BCUT2D eigenvalue weighted by Gasteiger charge is 2.06. The molecule has 0 bridgehead atoms. The van der Waals surface area contributed by atoms with E-state index >= 15 is 0 Å². The number of carbonyl (C=O) groups is 2. The average molecular weight is 997 g/mol. The smallest absolute Gasteiger partial charge is 0.337 e. The molecule has 67 heavy (non-hydrogen) atoms. The third kappa shape index (κ3) is 17.6. The Hall–Kier alpha value is -7.87. The first-order valence-electron chi connectivity index (χ1n) is 18.8. The maximum atomic E-state index is 10.9. The summed E-state index contributed by atoms with van der Waals surface area (Å²) in [6, 6.07) is 35.0. The summed E-state index contributed by atoms with van der Waals surface area (Å²) in [5.74, 6) is 5.65. The van der Waals surface area contributed by atoms with Gasteiger partial charge in [0.05, 0.1) is 28.5 Å². The van der Waals surface area contributed by atoms with E-state index in [-0.39, 0.29) is 26.4 Å². The summed E-state index contributed by atoms with van der Waals surface area (Å²) in [6.45, 7) is 0.324. The van der Waals surface area contributed by atoms with Gasteiger partial charge in [-0.1, -0.05) is 12.2 Å². The second kappa shape index (κ2) is 26.8. The van der Waals surface area contributed by atoms with Gasteiger partial charge in [0.1, 0.15) is 0 Å². The van der Waals surface area contributed by atoms with Gasteiger partial charge in [-0.25, -0.2) is 25.9 Å². The van der Waals surface area contributed by atoms with Gasteiger partial charge in [-0.15, -0.1) is 15.3 Å². The first-order chi connectivity index (χ1) is 32.2. The Bertz CT molecular complexity index is 2990. The van der Waals surface area contributed by atoms with E-state index in [4.69, 9.17) is 90.9 Å². The van der Waals surface area contributed by atoms with Crippen molar-refractivity contribution >= 4 is 112 Å². The zero-order valence-electron chi connectivity index (χ0n) is 34.9. The number of nitrogens with two attached hydrogens (primary N) is 5. The Labute approximate surface area is 407 Å². The van der Waals surface area contributed by atoms with Crippen LogP contribution >= 0.6 is 61.1 Å². The molecule has 1 amide bonds. The molecule has 0 spiro atoms. The highest BCUT2D eigenvalue weighted by molar-refractivity contribution is 7.80. The maximum absolute atomic E-state index is 10.9. The zero-order valence-corrected chi connectivity index (χ0v) is 39.0. The number of isothiocyanates is 1. The number of nitrogens with zero attached hydrogens (tertiary/aromatic N) is 4. The van der Waals surface area contributed by atoms with Gasteiger partial charge in [0.25, 0.3) is 20.4 Å². The number of benzene rings is 5. The molecule has 20 nitrogen and oxygen atoms in total. The molecule has 0 fully saturated rings. The van der Waals surface area contributed by atoms with Crippen LogP contribution < -0.4 is 39.5 Å². The van der Waals surface area contributed by atoms with Crippen LogP contribution in [0.2, 0.25) is 0 Å². The van der Waals surface area contributed by atoms with Crippen LogP contribution in [0.3, 0.4) is 0 Å². The topological polar surface area (TPSA) is 335 Å². The van der Waals surface area contributed by atoms with Crippen molar-refractivity contribution in [2.75, 3.05) is 36.2 Å². The van der Waals surface area contributed by atoms with Gasteiger partial charge in [-0.2, -0.15) is 4.99 Å². The minimum absolute atomic E-state index is 0.256. The summed E-state index contributed by atoms with van der Waals surface area (Å²) in [5, 5.41) is 24.7. The molecule has 0 radical (unpaired) electrons. The van der Waals surface area contributed by atoms with E-state index in [2.05, 4.69) is 63.0 Å². The number of thiocarbonyl (C=S) groups is 2. The van der Waals surface area contributed by atoms with E-state index < -0.39 is 0 Å². The van der Waals surface area contributed by atoms with E-state index in [0.29, 0.717) is 57.4 Å². The van der Waals surface area contributed by atoms with E-state index in [1.54, 1.807) is 72.8 Å². The van der Waals surface area contributed by atoms with Gasteiger partial charge in [-0.3, -0.25) is 10.2 Å². The number of nitrogen functional groups attached to an aromatic ring is 4. The van der Waals surface area contributed by atoms with E-state index in [0.717, 1.165) is 28.1 Å². The lowest BCUT2D eigenvalue weighted by Gasteiger charge is -2.05. The summed E-state index contributed by atoms with van der Waals surface area (Å²) in [7, 11) is 1.35. The van der Waals surface area contributed by atoms with Crippen LogP contribution in [-0.4, -0.2) is 66.3 Å². The highest BCUT2D eigenvalue weighted by Crippen LogP contribution is 2.22. The molecule has 0 saturated carbocycles. The van der Waals surface area contributed by atoms with Gasteiger partial charge in [-0.05, 0) is 170 Å². The number of aromatic nitrogens is 6. The minimum Gasteiger partial charge on any atom is -0.465 e. The third-order valence-electron chi connectivity index (χ3n) is 8.00. The Morgan fingerprint density at radius 2 is 1.01 bits per heavy atom. The van der Waals surface area contributed by atoms with Crippen molar-refractivity contribution in [2.45, 2.75) is 0 Å². The number of hydrazine groups is 1. The largest absolute Gasteiger partial charge is 0.465 e. The number of rotatable bonds is 8. The molecule has 0 aliphatic rings.